The van der Waals surface area contributed by atoms with Crippen LogP contribution in [0.5, 0.6) is 0 Å². The molecule has 0 unspecified atom stereocenters. The molecule has 78 valence electrons. The van der Waals surface area contributed by atoms with E-state index < -0.39 is 0 Å². The first-order valence-electron chi connectivity index (χ1n) is 5.36. The van der Waals surface area contributed by atoms with Crippen molar-refractivity contribution in [2.45, 2.75) is 13.3 Å². The number of fused-ring (bicyclic) bond motifs is 3. The Kier molecular flexibility index (Phi) is 1.90. The fourth-order valence-corrected chi connectivity index (χ4v) is 2.03. The molecular weight excluding hydrogens is 196 g/mol. The first-order chi connectivity index (χ1) is 7.81. The molecule has 2 nitrogen and oxygen atoms in total. The molecule has 1 aliphatic rings. The highest BCUT2D eigenvalue weighted by molar-refractivity contribution is 5.97. The summed E-state index contributed by atoms with van der Waals surface area (Å²) in [5, 5.41) is 1.25. The number of pyridine rings is 1. The molecule has 0 spiro atoms. The van der Waals surface area contributed by atoms with E-state index >= 15 is 0 Å². The Morgan fingerprint density at radius 2 is 2.31 bits per heavy atom. The monoisotopic (exact) mass is 208 g/mol. The molecule has 0 radical (unpaired) electrons. The predicted octanol–water partition coefficient (Wildman–Crippen LogP) is 3.34. The summed E-state index contributed by atoms with van der Waals surface area (Å²) >= 11 is 0. The second-order valence-electron chi connectivity index (χ2n) is 4.08. The molecule has 0 saturated carbocycles. The first-order valence-corrected chi connectivity index (χ1v) is 5.36. The van der Waals surface area contributed by atoms with Crippen LogP contribution < -0.4 is 0 Å². The number of aromatic nitrogens is 1. The smallest absolute Gasteiger partial charge is 0.0964 e. The topological polar surface area (TPSA) is 25.2 Å². The van der Waals surface area contributed by atoms with E-state index in [-0.39, 0.29) is 0 Å². The number of benzene rings is 1. The van der Waals surface area contributed by atoms with E-state index in [0.29, 0.717) is 0 Å². The third-order valence-electron chi connectivity index (χ3n) is 2.97. The standard InChI is InChI=1S/C14H12N2/c1-3-6-15-13-9(2)4-5-11-12-7-10(12)8-16-14(11)13/h3-6,8H,1,7H2,2H3. The third-order valence-corrected chi connectivity index (χ3v) is 2.97. The Hall–Kier alpha value is -1.96. The van der Waals surface area contributed by atoms with E-state index in [0.717, 1.165) is 23.2 Å². The van der Waals surface area contributed by atoms with Crippen LogP contribution in [0.4, 0.5) is 5.69 Å². The molecule has 0 N–H and O–H groups in total. The van der Waals surface area contributed by atoms with Crippen LogP contribution in [0.25, 0.3) is 10.9 Å². The van der Waals surface area contributed by atoms with Crippen LogP contribution in [0.1, 0.15) is 16.7 Å². The van der Waals surface area contributed by atoms with Gasteiger partial charge in [-0.05, 0) is 23.6 Å². The highest BCUT2D eigenvalue weighted by Gasteiger charge is 2.21. The quantitative estimate of drug-likeness (QED) is 0.593. The number of hydrogen-bond acceptors (Lipinski definition) is 2. The molecule has 1 aliphatic carbocycles. The van der Waals surface area contributed by atoms with Crippen LogP contribution in [0.2, 0.25) is 0 Å². The van der Waals surface area contributed by atoms with Gasteiger partial charge in [0.1, 0.15) is 0 Å². The third kappa shape index (κ3) is 1.27. The highest BCUT2D eigenvalue weighted by Crippen LogP contribution is 2.38. The molecular formula is C14H12N2. The summed E-state index contributed by atoms with van der Waals surface area (Å²) in [6.45, 7) is 5.70. The number of aliphatic imine (C=N–C) groups is 1. The lowest BCUT2D eigenvalue weighted by Crippen LogP contribution is -1.82. The molecule has 0 saturated heterocycles. The Balaban J connectivity index is 2.33. The van der Waals surface area contributed by atoms with Crippen molar-refractivity contribution < 1.29 is 0 Å². The summed E-state index contributed by atoms with van der Waals surface area (Å²) in [5.74, 6) is 0. The van der Waals surface area contributed by atoms with Crippen LogP contribution in [0, 0.1) is 6.92 Å². The van der Waals surface area contributed by atoms with Crippen molar-refractivity contribution in [2.75, 3.05) is 0 Å². The van der Waals surface area contributed by atoms with E-state index in [9.17, 15) is 0 Å². The minimum Gasteiger partial charge on any atom is -0.254 e. The zero-order valence-corrected chi connectivity index (χ0v) is 9.20. The average molecular weight is 208 g/mol. The molecule has 16 heavy (non-hydrogen) atoms. The van der Waals surface area contributed by atoms with Gasteiger partial charge in [0.05, 0.1) is 11.2 Å². The van der Waals surface area contributed by atoms with Crippen molar-refractivity contribution in [1.29, 1.82) is 0 Å². The van der Waals surface area contributed by atoms with Crippen molar-refractivity contribution in [3.05, 3.63) is 47.7 Å². The first kappa shape index (κ1) is 9.28. The van der Waals surface area contributed by atoms with E-state index in [1.807, 2.05) is 6.20 Å². The van der Waals surface area contributed by atoms with E-state index in [1.54, 1.807) is 12.3 Å². The fraction of sp³-hybridized carbons (Fsp3) is 0.143. The Morgan fingerprint density at radius 3 is 3.12 bits per heavy atom. The number of rotatable bonds is 2. The molecule has 2 aromatic rings. The summed E-state index contributed by atoms with van der Waals surface area (Å²) in [6.07, 6.45) is 6.45. The van der Waals surface area contributed by atoms with Crippen LogP contribution in [-0.2, 0) is 6.42 Å². The largest absolute Gasteiger partial charge is 0.254 e. The van der Waals surface area contributed by atoms with Gasteiger partial charge in [-0.25, -0.2) is 0 Å². The fourth-order valence-electron chi connectivity index (χ4n) is 2.03. The summed E-state index contributed by atoms with van der Waals surface area (Å²) in [6, 6.07) is 4.26. The SMILES string of the molecule is C=CC=Nc1c(C)ccc2c3c(cnc12)C3. The zero-order valence-electron chi connectivity index (χ0n) is 9.20. The number of aryl methyl sites for hydroxylation is 1. The van der Waals surface area contributed by atoms with Crippen molar-refractivity contribution in [1.82, 2.24) is 4.98 Å². The summed E-state index contributed by atoms with van der Waals surface area (Å²) in [7, 11) is 0. The molecule has 0 atom stereocenters. The van der Waals surface area contributed by atoms with Gasteiger partial charge >= 0.3 is 0 Å². The number of hydrogen-bond donors (Lipinski definition) is 0. The van der Waals surface area contributed by atoms with E-state index in [4.69, 9.17) is 0 Å². The Morgan fingerprint density at radius 1 is 1.44 bits per heavy atom. The lowest BCUT2D eigenvalue weighted by molar-refractivity contribution is 1.36. The molecule has 1 aromatic carbocycles. The second kappa shape index (κ2) is 3.27. The van der Waals surface area contributed by atoms with Gasteiger partial charge in [-0.3, -0.25) is 9.98 Å². The summed E-state index contributed by atoms with van der Waals surface area (Å²) in [5.41, 5.74) is 5.93. The van der Waals surface area contributed by atoms with Gasteiger partial charge in [-0.2, -0.15) is 0 Å². The zero-order chi connectivity index (χ0) is 11.1. The summed E-state index contributed by atoms with van der Waals surface area (Å²) in [4.78, 5) is 8.91. The second-order valence-corrected chi connectivity index (χ2v) is 4.08. The molecule has 1 aromatic heterocycles. The van der Waals surface area contributed by atoms with Crippen molar-refractivity contribution >= 4 is 22.8 Å². The Bertz CT molecular complexity index is 624. The van der Waals surface area contributed by atoms with E-state index in [1.165, 1.54) is 16.5 Å². The molecule has 2 heteroatoms. The van der Waals surface area contributed by atoms with Gasteiger partial charge < -0.3 is 0 Å². The molecule has 0 amide bonds. The Labute approximate surface area is 94.4 Å². The molecule has 0 fully saturated rings. The lowest BCUT2D eigenvalue weighted by Gasteiger charge is -2.03. The van der Waals surface area contributed by atoms with Gasteiger partial charge in [-0.1, -0.05) is 24.8 Å². The lowest BCUT2D eigenvalue weighted by atomic mass is 10.1. The molecule has 1 heterocycles. The van der Waals surface area contributed by atoms with E-state index in [2.05, 4.69) is 35.6 Å². The van der Waals surface area contributed by atoms with Crippen molar-refractivity contribution in [2.24, 2.45) is 4.99 Å². The highest BCUT2D eigenvalue weighted by atomic mass is 14.8. The van der Waals surface area contributed by atoms with Crippen LogP contribution in [-0.4, -0.2) is 11.2 Å². The minimum absolute atomic E-state index is 0.965. The number of allylic oxidation sites excluding steroid dienone is 1. The van der Waals surface area contributed by atoms with Gasteiger partial charge in [0.25, 0.3) is 0 Å². The summed E-state index contributed by atoms with van der Waals surface area (Å²) < 4.78 is 0. The maximum atomic E-state index is 4.50. The van der Waals surface area contributed by atoms with Gasteiger partial charge in [0.15, 0.2) is 0 Å². The predicted molar refractivity (Wildman–Crippen MR) is 67.6 cm³/mol. The van der Waals surface area contributed by atoms with Crippen LogP contribution >= 0.6 is 0 Å². The van der Waals surface area contributed by atoms with Crippen molar-refractivity contribution in [3.8, 4) is 0 Å². The minimum atomic E-state index is 0.965. The van der Waals surface area contributed by atoms with Gasteiger partial charge in [-0.15, -0.1) is 0 Å². The maximum absolute atomic E-state index is 4.50. The normalized spacial score (nSPS) is 13.1. The maximum Gasteiger partial charge on any atom is 0.0964 e. The molecule has 0 bridgehead atoms. The van der Waals surface area contributed by atoms with Crippen LogP contribution in [0.3, 0.4) is 0 Å². The molecule has 0 aliphatic heterocycles. The molecule has 3 rings (SSSR count). The average Bonchev–Trinajstić information content (AvgIpc) is 3.06. The van der Waals surface area contributed by atoms with Gasteiger partial charge in [0.2, 0.25) is 0 Å². The van der Waals surface area contributed by atoms with Gasteiger partial charge in [0, 0.05) is 24.2 Å². The number of nitrogens with zero attached hydrogens (tertiary/aromatic N) is 2. The van der Waals surface area contributed by atoms with Crippen molar-refractivity contribution in [3.63, 3.8) is 0 Å². The van der Waals surface area contributed by atoms with Crippen LogP contribution in [0.15, 0.2) is 36.0 Å².